The number of hydrogen-bond donors (Lipinski definition) is 0. The monoisotopic (exact) mass is 313 g/mol. The summed E-state index contributed by atoms with van der Waals surface area (Å²) in [5.74, 6) is 0. The average Bonchev–Trinajstić information content (AvgIpc) is 2.46. The van der Waals surface area contributed by atoms with Crippen LogP contribution in [0.15, 0.2) is 23.1 Å². The van der Waals surface area contributed by atoms with Crippen molar-refractivity contribution in [3.8, 4) is 0 Å². The predicted octanol–water partition coefficient (Wildman–Crippen LogP) is 1.23. The predicted molar refractivity (Wildman–Crippen MR) is 78.7 cm³/mol. The number of benzene rings is 1. The summed E-state index contributed by atoms with van der Waals surface area (Å²) in [5.41, 5.74) is 0.371. The summed E-state index contributed by atoms with van der Waals surface area (Å²) in [6.45, 7) is 6.78. The van der Waals surface area contributed by atoms with Gasteiger partial charge in [-0.1, -0.05) is 6.92 Å². The topological polar surface area (TPSA) is 83.8 Å². The van der Waals surface area contributed by atoms with Crippen molar-refractivity contribution in [2.75, 3.05) is 32.7 Å². The van der Waals surface area contributed by atoms with Crippen LogP contribution in [0, 0.1) is 17.0 Å². The van der Waals surface area contributed by atoms with Gasteiger partial charge in [0.1, 0.15) is 0 Å². The number of likely N-dealkylation sites (N-methyl/N-ethyl adjacent to an activating group) is 1. The first-order chi connectivity index (χ1) is 9.84. The highest BCUT2D eigenvalue weighted by Gasteiger charge is 2.29. The molecule has 116 valence electrons. The van der Waals surface area contributed by atoms with Gasteiger partial charge in [0.15, 0.2) is 0 Å². The van der Waals surface area contributed by atoms with Gasteiger partial charge >= 0.3 is 0 Å². The minimum Gasteiger partial charge on any atom is -0.301 e. The number of nitro benzene ring substituents is 1. The molecule has 7 nitrogen and oxygen atoms in total. The van der Waals surface area contributed by atoms with Crippen LogP contribution >= 0.6 is 0 Å². The lowest BCUT2D eigenvalue weighted by Gasteiger charge is -2.33. The van der Waals surface area contributed by atoms with Gasteiger partial charge in [0, 0.05) is 38.3 Å². The molecule has 8 heteroatoms. The molecule has 1 fully saturated rings. The molecular formula is C13H19N3O4S. The first kappa shape index (κ1) is 15.9. The van der Waals surface area contributed by atoms with Gasteiger partial charge in [0.05, 0.1) is 9.82 Å². The molecule has 1 saturated heterocycles. The maximum atomic E-state index is 12.6. The van der Waals surface area contributed by atoms with Gasteiger partial charge in [-0.15, -0.1) is 0 Å². The molecule has 1 heterocycles. The molecule has 0 aromatic heterocycles. The summed E-state index contributed by atoms with van der Waals surface area (Å²) < 4.78 is 26.6. The number of sulfonamides is 1. The van der Waals surface area contributed by atoms with E-state index >= 15 is 0 Å². The van der Waals surface area contributed by atoms with E-state index in [1.165, 1.54) is 16.4 Å². The fourth-order valence-corrected chi connectivity index (χ4v) is 3.96. The third-order valence-corrected chi connectivity index (χ3v) is 5.54. The molecule has 0 N–H and O–H groups in total. The molecule has 0 bridgehead atoms. The van der Waals surface area contributed by atoms with Crippen molar-refractivity contribution in [3.05, 3.63) is 33.9 Å². The zero-order chi connectivity index (χ0) is 15.6. The van der Waals surface area contributed by atoms with Crippen LogP contribution in [0.1, 0.15) is 12.5 Å². The zero-order valence-corrected chi connectivity index (χ0v) is 13.0. The zero-order valence-electron chi connectivity index (χ0n) is 12.2. The molecule has 0 aliphatic carbocycles. The molecule has 1 aliphatic heterocycles. The largest absolute Gasteiger partial charge is 0.301 e. The molecule has 1 aliphatic rings. The van der Waals surface area contributed by atoms with Crippen LogP contribution in [0.25, 0.3) is 0 Å². The maximum absolute atomic E-state index is 12.6. The van der Waals surface area contributed by atoms with E-state index in [0.29, 0.717) is 31.7 Å². The van der Waals surface area contributed by atoms with Crippen molar-refractivity contribution in [1.82, 2.24) is 9.21 Å². The Morgan fingerprint density at radius 2 is 1.81 bits per heavy atom. The second-order valence-corrected chi connectivity index (χ2v) is 7.04. The van der Waals surface area contributed by atoms with E-state index in [2.05, 4.69) is 4.90 Å². The molecule has 21 heavy (non-hydrogen) atoms. The molecule has 0 spiro atoms. The van der Waals surface area contributed by atoms with Crippen molar-refractivity contribution in [2.45, 2.75) is 18.7 Å². The molecule has 1 aromatic rings. The van der Waals surface area contributed by atoms with Crippen LogP contribution in [0.3, 0.4) is 0 Å². The van der Waals surface area contributed by atoms with Gasteiger partial charge in [-0.3, -0.25) is 10.1 Å². The number of hydrogen-bond acceptors (Lipinski definition) is 5. The van der Waals surface area contributed by atoms with Crippen LogP contribution in [-0.4, -0.2) is 55.3 Å². The van der Waals surface area contributed by atoms with E-state index < -0.39 is 14.9 Å². The standard InChI is InChI=1S/C13H19N3O4S/c1-3-14-4-6-15(7-5-14)21(19,20)13-9-11(2)8-12(10-13)16(17)18/h8-10H,3-7H2,1-2H3. The Balaban J connectivity index is 2.30. The lowest BCUT2D eigenvalue weighted by molar-refractivity contribution is -0.385. The SMILES string of the molecule is CCN1CCN(S(=O)(=O)c2cc(C)cc([N+](=O)[O-])c2)CC1. The molecular weight excluding hydrogens is 294 g/mol. The van der Waals surface area contributed by atoms with Crippen LogP contribution in [0.5, 0.6) is 0 Å². The quantitative estimate of drug-likeness (QED) is 0.616. The van der Waals surface area contributed by atoms with Crippen LogP contribution in [0.2, 0.25) is 0 Å². The van der Waals surface area contributed by atoms with Gasteiger partial charge < -0.3 is 4.90 Å². The van der Waals surface area contributed by atoms with E-state index in [-0.39, 0.29) is 10.6 Å². The molecule has 2 rings (SSSR count). The Bertz CT molecular complexity index is 637. The number of rotatable bonds is 4. The van der Waals surface area contributed by atoms with Crippen molar-refractivity contribution < 1.29 is 13.3 Å². The first-order valence-electron chi connectivity index (χ1n) is 6.83. The Kier molecular flexibility index (Phi) is 4.60. The molecule has 1 aromatic carbocycles. The lowest BCUT2D eigenvalue weighted by atomic mass is 10.2. The minimum absolute atomic E-state index is 0.000788. The van der Waals surface area contributed by atoms with E-state index in [1.807, 2.05) is 6.92 Å². The van der Waals surface area contributed by atoms with Crippen molar-refractivity contribution in [3.63, 3.8) is 0 Å². The summed E-state index contributed by atoms with van der Waals surface area (Å²) in [4.78, 5) is 12.5. The molecule has 0 atom stereocenters. The van der Waals surface area contributed by atoms with Crippen LogP contribution < -0.4 is 0 Å². The molecule has 0 amide bonds. The number of nitro groups is 1. The second kappa shape index (κ2) is 6.08. The fraction of sp³-hybridized carbons (Fsp3) is 0.538. The first-order valence-corrected chi connectivity index (χ1v) is 8.27. The third-order valence-electron chi connectivity index (χ3n) is 3.66. The average molecular weight is 313 g/mol. The third kappa shape index (κ3) is 3.39. The Labute approximate surface area is 124 Å². The van der Waals surface area contributed by atoms with E-state index in [4.69, 9.17) is 0 Å². The Morgan fingerprint density at radius 1 is 1.19 bits per heavy atom. The molecule has 0 saturated carbocycles. The number of piperazine rings is 1. The van der Waals surface area contributed by atoms with Gasteiger partial charge in [-0.05, 0) is 25.1 Å². The highest BCUT2D eigenvalue weighted by Crippen LogP contribution is 2.24. The number of non-ortho nitro benzene ring substituents is 1. The van der Waals surface area contributed by atoms with Crippen LogP contribution in [-0.2, 0) is 10.0 Å². The highest BCUT2D eigenvalue weighted by atomic mass is 32.2. The smallest absolute Gasteiger partial charge is 0.271 e. The number of aryl methyl sites for hydroxylation is 1. The van der Waals surface area contributed by atoms with Gasteiger partial charge in [0.2, 0.25) is 10.0 Å². The van der Waals surface area contributed by atoms with E-state index in [9.17, 15) is 18.5 Å². The summed E-state index contributed by atoms with van der Waals surface area (Å²) >= 11 is 0. The summed E-state index contributed by atoms with van der Waals surface area (Å²) in [5, 5.41) is 10.9. The van der Waals surface area contributed by atoms with Gasteiger partial charge in [-0.2, -0.15) is 4.31 Å². The second-order valence-electron chi connectivity index (χ2n) is 5.10. The molecule has 0 radical (unpaired) electrons. The summed E-state index contributed by atoms with van der Waals surface area (Å²) in [6, 6.07) is 3.98. The van der Waals surface area contributed by atoms with Crippen molar-refractivity contribution >= 4 is 15.7 Å². The van der Waals surface area contributed by atoms with E-state index in [1.54, 1.807) is 6.92 Å². The number of nitrogens with zero attached hydrogens (tertiary/aromatic N) is 3. The minimum atomic E-state index is -3.67. The lowest BCUT2D eigenvalue weighted by Crippen LogP contribution is -2.48. The van der Waals surface area contributed by atoms with Crippen molar-refractivity contribution in [1.29, 1.82) is 0 Å². The summed E-state index contributed by atoms with van der Waals surface area (Å²) in [6.07, 6.45) is 0. The van der Waals surface area contributed by atoms with Gasteiger partial charge in [-0.25, -0.2) is 8.42 Å². The fourth-order valence-electron chi connectivity index (χ4n) is 2.42. The van der Waals surface area contributed by atoms with Crippen LogP contribution in [0.4, 0.5) is 5.69 Å². The normalized spacial score (nSPS) is 17.8. The Morgan fingerprint density at radius 3 is 2.33 bits per heavy atom. The highest BCUT2D eigenvalue weighted by molar-refractivity contribution is 7.89. The Hall–Kier alpha value is -1.51. The molecule has 0 unspecified atom stereocenters. The van der Waals surface area contributed by atoms with Crippen molar-refractivity contribution in [2.24, 2.45) is 0 Å². The van der Waals surface area contributed by atoms with Gasteiger partial charge in [0.25, 0.3) is 5.69 Å². The van der Waals surface area contributed by atoms with E-state index in [0.717, 1.165) is 12.6 Å². The summed E-state index contributed by atoms with van der Waals surface area (Å²) in [7, 11) is -3.67. The maximum Gasteiger partial charge on any atom is 0.271 e.